The predicted molar refractivity (Wildman–Crippen MR) is 168 cm³/mol. The Hall–Kier alpha value is -2.49. The monoisotopic (exact) mass is 634 g/mol. The molecule has 5 aliphatic rings. The van der Waals surface area contributed by atoms with Gasteiger partial charge in [0.05, 0.1) is 18.8 Å². The van der Waals surface area contributed by atoms with E-state index in [-0.39, 0.29) is 11.0 Å². The van der Waals surface area contributed by atoms with Crippen LogP contribution in [-0.4, -0.2) is 78.5 Å². The molecule has 1 N–H and O–H groups in total. The Kier molecular flexibility index (Phi) is 6.65. The Bertz CT molecular complexity index is 1510. The minimum Gasteiger partial charge on any atom is -0.463 e. The van der Waals surface area contributed by atoms with Crippen LogP contribution in [0.25, 0.3) is 10.8 Å². The van der Waals surface area contributed by atoms with Crippen molar-refractivity contribution in [3.05, 3.63) is 52.1 Å². The summed E-state index contributed by atoms with van der Waals surface area (Å²) in [5, 5.41) is 6.32. The number of piperazine rings is 1. The molecule has 1 aliphatic carbocycles. The Morgan fingerprint density at radius 1 is 1.05 bits per heavy atom. The smallest absolute Gasteiger partial charge is 0.318 e. The molecule has 8 rings (SSSR count). The van der Waals surface area contributed by atoms with Crippen molar-refractivity contribution in [2.75, 3.05) is 55.7 Å². The molecular formula is C33H40BrFN6O. The number of benzene rings is 2. The quantitative estimate of drug-likeness (QED) is 0.369. The Morgan fingerprint density at radius 3 is 2.69 bits per heavy atom. The number of anilines is 2. The van der Waals surface area contributed by atoms with Gasteiger partial charge in [0.25, 0.3) is 0 Å². The largest absolute Gasteiger partial charge is 0.463 e. The topological polar surface area (TPSA) is 56.8 Å². The van der Waals surface area contributed by atoms with Crippen LogP contribution in [0.2, 0.25) is 0 Å². The minimum absolute atomic E-state index is 0.104. The maximum atomic E-state index is 13.8. The fraction of sp³-hybridized carbons (Fsp3) is 0.576. The van der Waals surface area contributed by atoms with Crippen molar-refractivity contribution in [1.29, 1.82) is 0 Å². The van der Waals surface area contributed by atoms with E-state index in [4.69, 9.17) is 14.7 Å². The van der Waals surface area contributed by atoms with E-state index in [2.05, 4.69) is 79.3 Å². The highest BCUT2D eigenvalue weighted by Crippen LogP contribution is 2.47. The Labute approximate surface area is 255 Å². The van der Waals surface area contributed by atoms with Crippen LogP contribution in [-0.2, 0) is 13.0 Å². The van der Waals surface area contributed by atoms with Gasteiger partial charge in [0, 0.05) is 77.4 Å². The van der Waals surface area contributed by atoms with Gasteiger partial charge in [0.2, 0.25) is 0 Å². The van der Waals surface area contributed by atoms with E-state index in [1.54, 1.807) is 0 Å². The zero-order valence-electron chi connectivity index (χ0n) is 24.4. The number of alkyl halides is 1. The van der Waals surface area contributed by atoms with Gasteiger partial charge >= 0.3 is 6.01 Å². The summed E-state index contributed by atoms with van der Waals surface area (Å²) in [5.41, 5.74) is 3.81. The number of halogens is 2. The molecule has 3 atom stereocenters. The lowest BCUT2D eigenvalue weighted by Crippen LogP contribution is -2.58. The summed E-state index contributed by atoms with van der Waals surface area (Å²) in [7, 11) is 0. The van der Waals surface area contributed by atoms with Crippen LogP contribution in [0.1, 0.15) is 50.3 Å². The van der Waals surface area contributed by atoms with E-state index < -0.39 is 6.17 Å². The number of hydrogen-bond donors (Lipinski definition) is 1. The van der Waals surface area contributed by atoms with E-state index >= 15 is 0 Å². The van der Waals surface area contributed by atoms with E-state index in [0.717, 1.165) is 74.5 Å². The summed E-state index contributed by atoms with van der Waals surface area (Å²) in [6, 6.07) is 13.9. The van der Waals surface area contributed by atoms with E-state index in [1.807, 2.05) is 0 Å². The van der Waals surface area contributed by atoms with Gasteiger partial charge in [-0.25, -0.2) is 4.39 Å². The predicted octanol–water partition coefficient (Wildman–Crippen LogP) is 5.49. The molecule has 1 unspecified atom stereocenters. The highest BCUT2D eigenvalue weighted by molar-refractivity contribution is 9.10. The van der Waals surface area contributed by atoms with Crippen molar-refractivity contribution in [1.82, 2.24) is 20.2 Å². The fourth-order valence-electron chi connectivity index (χ4n) is 7.91. The molecule has 2 bridgehead atoms. The molecular weight excluding hydrogens is 595 g/mol. The maximum absolute atomic E-state index is 13.8. The molecule has 9 heteroatoms. The molecule has 42 heavy (non-hydrogen) atoms. The second-order valence-corrected chi connectivity index (χ2v) is 14.6. The van der Waals surface area contributed by atoms with E-state index in [1.165, 1.54) is 34.9 Å². The lowest BCUT2D eigenvalue weighted by molar-refractivity contribution is 0.164. The van der Waals surface area contributed by atoms with Gasteiger partial charge in [-0.3, -0.25) is 4.90 Å². The normalized spacial score (nSPS) is 28.4. The van der Waals surface area contributed by atoms with Gasteiger partial charge in [-0.15, -0.1) is 0 Å². The molecule has 3 saturated heterocycles. The number of nitrogens with one attached hydrogen (secondary N) is 1. The summed E-state index contributed by atoms with van der Waals surface area (Å²) in [6.07, 6.45) is 5.54. The van der Waals surface area contributed by atoms with Crippen molar-refractivity contribution in [3.63, 3.8) is 0 Å². The van der Waals surface area contributed by atoms with Crippen LogP contribution in [0.5, 0.6) is 6.01 Å². The summed E-state index contributed by atoms with van der Waals surface area (Å²) in [5.74, 6) is 1.07. The first-order valence-electron chi connectivity index (χ1n) is 15.7. The number of likely N-dealkylation sites (tertiary alicyclic amines) is 1. The average Bonchev–Trinajstić information content (AvgIpc) is 3.54. The van der Waals surface area contributed by atoms with E-state index in [9.17, 15) is 4.39 Å². The van der Waals surface area contributed by atoms with Gasteiger partial charge in [0.1, 0.15) is 12.0 Å². The molecule has 1 aromatic heterocycles. The molecule has 5 heterocycles. The highest BCUT2D eigenvalue weighted by atomic mass is 79.9. The molecule has 0 spiro atoms. The first-order chi connectivity index (χ1) is 20.4. The molecule has 7 nitrogen and oxygen atoms in total. The first kappa shape index (κ1) is 27.1. The number of nitrogens with zero attached hydrogens (tertiary/aromatic N) is 5. The molecule has 222 valence electrons. The SMILES string of the molecule is CC12CC[C@@H](CN(c3nc(OCC4(CN5CC[C@@H](F)C5)CC4)nc4c3CCN(c3cccc5cccc(Br)c35)C4)C1)N2. The van der Waals surface area contributed by atoms with Gasteiger partial charge in [-0.1, -0.05) is 40.2 Å². The Balaban J connectivity index is 1.10. The maximum Gasteiger partial charge on any atom is 0.318 e. The summed E-state index contributed by atoms with van der Waals surface area (Å²) in [6.45, 7) is 8.85. The third-order valence-corrected chi connectivity index (χ3v) is 11.0. The van der Waals surface area contributed by atoms with Crippen molar-refractivity contribution in [3.8, 4) is 6.01 Å². The van der Waals surface area contributed by atoms with Gasteiger partial charge < -0.3 is 19.9 Å². The van der Waals surface area contributed by atoms with Crippen LogP contribution in [0.3, 0.4) is 0 Å². The van der Waals surface area contributed by atoms with Crippen molar-refractivity contribution >= 4 is 38.2 Å². The molecule has 4 fully saturated rings. The third-order valence-electron chi connectivity index (χ3n) is 10.3. The highest BCUT2D eigenvalue weighted by Gasteiger charge is 2.46. The van der Waals surface area contributed by atoms with E-state index in [0.29, 0.717) is 31.6 Å². The lowest BCUT2D eigenvalue weighted by Gasteiger charge is -2.41. The molecule has 1 saturated carbocycles. The van der Waals surface area contributed by atoms with Crippen molar-refractivity contribution in [2.24, 2.45) is 5.41 Å². The van der Waals surface area contributed by atoms with Crippen LogP contribution in [0.4, 0.5) is 15.9 Å². The number of aromatic nitrogens is 2. The summed E-state index contributed by atoms with van der Waals surface area (Å²) in [4.78, 5) is 17.5. The summed E-state index contributed by atoms with van der Waals surface area (Å²) < 4.78 is 21.4. The standard InChI is InChI=1S/C33H40BrFN6O/c1-32-11-8-24(38-32)17-41(19-32)30-25-10-15-40(28-7-3-5-22-4-2-6-26(34)29(22)28)18-27(25)36-31(37-30)42-21-33(12-13-33)20-39-14-9-23(35)16-39/h2-7,23-24,38H,8-21H2,1H3/t23-,24+,32?/m1/s1. The first-order valence-corrected chi connectivity index (χ1v) is 16.5. The molecule has 0 amide bonds. The third kappa shape index (κ3) is 5.05. The second-order valence-electron chi connectivity index (χ2n) is 13.8. The van der Waals surface area contributed by atoms with Crippen LogP contribution in [0, 0.1) is 5.41 Å². The number of fused-ring (bicyclic) bond motifs is 4. The molecule has 2 aromatic carbocycles. The second kappa shape index (κ2) is 10.3. The zero-order chi connectivity index (χ0) is 28.5. The molecule has 4 aliphatic heterocycles. The molecule has 0 radical (unpaired) electrons. The van der Waals surface area contributed by atoms with Crippen LogP contribution in [0.15, 0.2) is 40.9 Å². The van der Waals surface area contributed by atoms with Gasteiger partial charge in [0.15, 0.2) is 0 Å². The van der Waals surface area contributed by atoms with Crippen molar-refractivity contribution in [2.45, 2.75) is 69.7 Å². The number of rotatable bonds is 7. The van der Waals surface area contributed by atoms with Crippen molar-refractivity contribution < 1.29 is 9.13 Å². The fourth-order valence-corrected chi connectivity index (χ4v) is 8.50. The summed E-state index contributed by atoms with van der Waals surface area (Å²) >= 11 is 3.81. The Morgan fingerprint density at radius 2 is 1.90 bits per heavy atom. The minimum atomic E-state index is -0.685. The number of ether oxygens (including phenoxy) is 1. The van der Waals surface area contributed by atoms with Crippen LogP contribution >= 0.6 is 15.9 Å². The zero-order valence-corrected chi connectivity index (χ0v) is 26.0. The molecule has 3 aromatic rings. The van der Waals surface area contributed by atoms with Gasteiger partial charge in [-0.05, 0) is 63.0 Å². The number of hydrogen-bond acceptors (Lipinski definition) is 7. The van der Waals surface area contributed by atoms with Gasteiger partial charge in [-0.2, -0.15) is 9.97 Å². The average molecular weight is 636 g/mol. The lowest BCUT2D eigenvalue weighted by atomic mass is 9.98. The van der Waals surface area contributed by atoms with Crippen LogP contribution < -0.4 is 19.9 Å².